The monoisotopic (exact) mass is 234 g/mol. The van der Waals surface area contributed by atoms with Gasteiger partial charge in [-0.25, -0.2) is 0 Å². The van der Waals surface area contributed by atoms with Crippen LogP contribution >= 0.6 is 0 Å². The van der Waals surface area contributed by atoms with Gasteiger partial charge in [-0.3, -0.25) is 4.79 Å². The summed E-state index contributed by atoms with van der Waals surface area (Å²) in [7, 11) is 0. The molecule has 17 heavy (non-hydrogen) atoms. The fourth-order valence-electron chi connectivity index (χ4n) is 2.12. The molecule has 4 nitrogen and oxygen atoms in total. The molecule has 3 N–H and O–H groups in total. The first-order valence-corrected chi connectivity index (χ1v) is 6.06. The molecule has 0 atom stereocenters. The van der Waals surface area contributed by atoms with Crippen LogP contribution in [0, 0.1) is 0 Å². The maximum atomic E-state index is 11.6. The topological polar surface area (TPSA) is 61.4 Å². The van der Waals surface area contributed by atoms with Crippen LogP contribution in [0.3, 0.4) is 0 Å². The second-order valence-corrected chi connectivity index (χ2v) is 4.46. The van der Waals surface area contributed by atoms with Gasteiger partial charge in [0.05, 0.1) is 6.54 Å². The Morgan fingerprint density at radius 1 is 1.24 bits per heavy atom. The summed E-state index contributed by atoms with van der Waals surface area (Å²) in [6.07, 6.45) is 4.87. The zero-order valence-electron chi connectivity index (χ0n) is 9.78. The van der Waals surface area contributed by atoms with E-state index in [1.165, 1.54) is 25.7 Å². The second-order valence-electron chi connectivity index (χ2n) is 4.46. The molecule has 1 aliphatic carbocycles. The second kappa shape index (κ2) is 5.68. The molecule has 1 saturated carbocycles. The molecule has 0 saturated heterocycles. The Balaban J connectivity index is 1.74. The molecule has 0 bridgehead atoms. The Bertz CT molecular complexity index is 370. The smallest absolute Gasteiger partial charge is 0.238 e. The average molecular weight is 234 g/mol. The van der Waals surface area contributed by atoms with Crippen molar-refractivity contribution in [1.82, 2.24) is 5.32 Å². The maximum absolute atomic E-state index is 11.6. The van der Waals surface area contributed by atoms with Crippen LogP contribution in [-0.2, 0) is 4.79 Å². The highest BCUT2D eigenvalue weighted by Gasteiger charge is 2.15. The fourth-order valence-corrected chi connectivity index (χ4v) is 2.12. The fraction of sp³-hybridized carbons (Fsp3) is 0.462. The first-order valence-electron chi connectivity index (χ1n) is 6.06. The summed E-state index contributed by atoms with van der Waals surface area (Å²) in [6.45, 7) is 0.353. The van der Waals surface area contributed by atoms with Gasteiger partial charge < -0.3 is 15.7 Å². The SMILES string of the molecule is O=C(CNC1CCCC1)Nc1ccc(O)cc1. The summed E-state index contributed by atoms with van der Waals surface area (Å²) in [5.74, 6) is 0.162. The van der Waals surface area contributed by atoms with Crippen molar-refractivity contribution < 1.29 is 9.90 Å². The van der Waals surface area contributed by atoms with Gasteiger partial charge in [0, 0.05) is 11.7 Å². The minimum atomic E-state index is -0.0393. The number of rotatable bonds is 4. The lowest BCUT2D eigenvalue weighted by Gasteiger charge is -2.11. The highest BCUT2D eigenvalue weighted by molar-refractivity contribution is 5.92. The van der Waals surface area contributed by atoms with Crippen molar-refractivity contribution in [3.63, 3.8) is 0 Å². The van der Waals surface area contributed by atoms with E-state index in [9.17, 15) is 4.79 Å². The van der Waals surface area contributed by atoms with E-state index in [0.29, 0.717) is 18.3 Å². The molecular weight excluding hydrogens is 216 g/mol. The van der Waals surface area contributed by atoms with Crippen molar-refractivity contribution in [2.24, 2.45) is 0 Å². The number of amides is 1. The number of benzene rings is 1. The van der Waals surface area contributed by atoms with E-state index in [-0.39, 0.29) is 11.7 Å². The lowest BCUT2D eigenvalue weighted by molar-refractivity contribution is -0.115. The van der Waals surface area contributed by atoms with Crippen molar-refractivity contribution in [1.29, 1.82) is 0 Å². The number of carbonyl (C=O) groups excluding carboxylic acids is 1. The molecule has 0 heterocycles. The molecule has 0 spiro atoms. The van der Waals surface area contributed by atoms with E-state index in [0.717, 1.165) is 0 Å². The average Bonchev–Trinajstić information content (AvgIpc) is 2.83. The van der Waals surface area contributed by atoms with Gasteiger partial charge in [-0.05, 0) is 37.1 Å². The van der Waals surface area contributed by atoms with E-state index >= 15 is 0 Å². The molecule has 1 amide bonds. The number of hydrogen-bond donors (Lipinski definition) is 3. The highest BCUT2D eigenvalue weighted by atomic mass is 16.3. The van der Waals surface area contributed by atoms with Gasteiger partial charge >= 0.3 is 0 Å². The summed E-state index contributed by atoms with van der Waals surface area (Å²) in [6, 6.07) is 6.98. The third-order valence-electron chi connectivity index (χ3n) is 3.06. The van der Waals surface area contributed by atoms with Gasteiger partial charge in [0.15, 0.2) is 0 Å². The predicted molar refractivity (Wildman–Crippen MR) is 67.0 cm³/mol. The van der Waals surface area contributed by atoms with Crippen LogP contribution < -0.4 is 10.6 Å². The maximum Gasteiger partial charge on any atom is 0.238 e. The van der Waals surface area contributed by atoms with Crippen LogP contribution in [0.2, 0.25) is 0 Å². The van der Waals surface area contributed by atoms with Crippen LogP contribution in [-0.4, -0.2) is 23.6 Å². The number of aromatic hydroxyl groups is 1. The lowest BCUT2D eigenvalue weighted by Crippen LogP contribution is -2.34. The van der Waals surface area contributed by atoms with Gasteiger partial charge in [0.1, 0.15) is 5.75 Å². The zero-order chi connectivity index (χ0) is 12.1. The van der Waals surface area contributed by atoms with Crippen LogP contribution in [0.25, 0.3) is 0 Å². The number of phenolic OH excluding ortho intramolecular Hbond substituents is 1. The third kappa shape index (κ3) is 3.75. The molecule has 1 aliphatic rings. The molecule has 1 fully saturated rings. The summed E-state index contributed by atoms with van der Waals surface area (Å²) in [4.78, 5) is 11.6. The van der Waals surface area contributed by atoms with Crippen LogP contribution in [0.5, 0.6) is 5.75 Å². The zero-order valence-corrected chi connectivity index (χ0v) is 9.78. The number of anilines is 1. The van der Waals surface area contributed by atoms with Gasteiger partial charge in [-0.2, -0.15) is 0 Å². The molecule has 0 radical (unpaired) electrons. The molecule has 1 aromatic carbocycles. The van der Waals surface area contributed by atoms with Gasteiger partial charge in [0.25, 0.3) is 0 Å². The number of carbonyl (C=O) groups is 1. The first-order chi connectivity index (χ1) is 8.24. The predicted octanol–water partition coefficient (Wildman–Crippen LogP) is 1.86. The highest BCUT2D eigenvalue weighted by Crippen LogP contribution is 2.17. The Morgan fingerprint density at radius 3 is 2.53 bits per heavy atom. The normalized spacial score (nSPS) is 16.0. The van der Waals surface area contributed by atoms with E-state index in [2.05, 4.69) is 10.6 Å². The van der Waals surface area contributed by atoms with E-state index in [1.807, 2.05) is 0 Å². The van der Waals surface area contributed by atoms with Crippen molar-refractivity contribution in [2.75, 3.05) is 11.9 Å². The van der Waals surface area contributed by atoms with E-state index < -0.39 is 0 Å². The minimum absolute atomic E-state index is 0.0393. The molecule has 2 rings (SSSR count). The molecule has 4 heteroatoms. The van der Waals surface area contributed by atoms with Gasteiger partial charge in [-0.15, -0.1) is 0 Å². The Morgan fingerprint density at radius 2 is 1.88 bits per heavy atom. The Labute approximate surface area is 101 Å². The number of nitrogens with one attached hydrogen (secondary N) is 2. The Hall–Kier alpha value is -1.55. The quantitative estimate of drug-likeness (QED) is 0.697. The lowest BCUT2D eigenvalue weighted by atomic mass is 10.2. The van der Waals surface area contributed by atoms with Crippen LogP contribution in [0.4, 0.5) is 5.69 Å². The number of hydrogen-bond acceptors (Lipinski definition) is 3. The molecule has 0 unspecified atom stereocenters. The van der Waals surface area contributed by atoms with Gasteiger partial charge in [0.2, 0.25) is 5.91 Å². The molecular formula is C13H18N2O2. The van der Waals surface area contributed by atoms with Crippen molar-refractivity contribution in [3.05, 3.63) is 24.3 Å². The standard InChI is InChI=1S/C13H18N2O2/c16-12-7-5-11(6-8-12)15-13(17)9-14-10-3-1-2-4-10/h5-8,10,14,16H,1-4,9H2,(H,15,17). The largest absolute Gasteiger partial charge is 0.508 e. The Kier molecular flexibility index (Phi) is 3.98. The summed E-state index contributed by atoms with van der Waals surface area (Å²) < 4.78 is 0. The summed E-state index contributed by atoms with van der Waals surface area (Å²) in [5.41, 5.74) is 0.709. The first kappa shape index (κ1) is 11.9. The molecule has 92 valence electrons. The summed E-state index contributed by atoms with van der Waals surface area (Å²) in [5, 5.41) is 15.1. The molecule has 1 aromatic rings. The minimum Gasteiger partial charge on any atom is -0.508 e. The molecule has 0 aliphatic heterocycles. The third-order valence-corrected chi connectivity index (χ3v) is 3.06. The van der Waals surface area contributed by atoms with Gasteiger partial charge in [-0.1, -0.05) is 12.8 Å². The van der Waals surface area contributed by atoms with Crippen molar-refractivity contribution in [3.8, 4) is 5.75 Å². The molecule has 0 aromatic heterocycles. The van der Waals surface area contributed by atoms with Crippen molar-refractivity contribution in [2.45, 2.75) is 31.7 Å². The number of phenols is 1. The van der Waals surface area contributed by atoms with E-state index in [1.54, 1.807) is 24.3 Å². The van der Waals surface area contributed by atoms with Crippen LogP contribution in [0.1, 0.15) is 25.7 Å². The van der Waals surface area contributed by atoms with Crippen molar-refractivity contribution >= 4 is 11.6 Å². The summed E-state index contributed by atoms with van der Waals surface area (Å²) >= 11 is 0. The van der Waals surface area contributed by atoms with Crippen LogP contribution in [0.15, 0.2) is 24.3 Å². The van der Waals surface area contributed by atoms with E-state index in [4.69, 9.17) is 5.11 Å².